The molecule has 0 saturated carbocycles. The summed E-state index contributed by atoms with van der Waals surface area (Å²) >= 11 is 0. The summed E-state index contributed by atoms with van der Waals surface area (Å²) in [6, 6.07) is 60.2. The number of hydrogen-bond acceptors (Lipinski definition) is 3. The lowest BCUT2D eigenvalue weighted by Crippen LogP contribution is -1.91. The maximum absolute atomic E-state index is 11.9. The van der Waals surface area contributed by atoms with Crippen molar-refractivity contribution in [3.05, 3.63) is 199 Å². The van der Waals surface area contributed by atoms with E-state index in [9.17, 15) is 5.11 Å². The standard InChI is InChI=1S/C54H36N4O/c59-48-32-25-34-15-13-14-24-39(34)53(48)40-33-47-51(37-20-9-3-10-21-37)45-29-28-43(56-45)49(35-16-5-1-6-17-35)41-26-27-42(55-41)50(36-18-7-2-8-19-36)44-30-31-46(57-44)52(54(40)58-47)38-22-11-4-12-23-38/h1-33,57-59H. The summed E-state index contributed by atoms with van der Waals surface area (Å²) in [5.74, 6) is 0.204. The van der Waals surface area contributed by atoms with Gasteiger partial charge in [-0.05, 0) is 81.6 Å². The Morgan fingerprint density at radius 1 is 0.356 bits per heavy atom. The van der Waals surface area contributed by atoms with Crippen molar-refractivity contribution in [2.24, 2.45) is 0 Å². The summed E-state index contributed by atoms with van der Waals surface area (Å²) in [7, 11) is 0. The molecule has 8 bridgehead atoms. The van der Waals surface area contributed by atoms with Crippen molar-refractivity contribution in [3.8, 4) is 61.4 Å². The van der Waals surface area contributed by atoms with Gasteiger partial charge < -0.3 is 15.1 Å². The Morgan fingerprint density at radius 3 is 1.36 bits per heavy atom. The molecule has 2 aliphatic rings. The molecule has 0 atom stereocenters. The molecule has 11 rings (SSSR count). The number of aromatic nitrogens is 4. The average molecular weight is 757 g/mol. The number of nitrogens with zero attached hydrogens (tertiary/aromatic N) is 2. The van der Waals surface area contributed by atoms with Gasteiger partial charge >= 0.3 is 0 Å². The van der Waals surface area contributed by atoms with Crippen LogP contribution in [0, 0.1) is 0 Å². The third-order valence-corrected chi connectivity index (χ3v) is 11.3. The molecule has 59 heavy (non-hydrogen) atoms. The minimum Gasteiger partial charge on any atom is -0.507 e. The second kappa shape index (κ2) is 14.2. The van der Waals surface area contributed by atoms with E-state index in [2.05, 4.69) is 162 Å². The van der Waals surface area contributed by atoms with E-state index in [1.807, 2.05) is 42.5 Å². The molecular formula is C54H36N4O. The van der Waals surface area contributed by atoms with Crippen molar-refractivity contribution in [1.29, 1.82) is 0 Å². The van der Waals surface area contributed by atoms with Crippen LogP contribution in [0.3, 0.4) is 0 Å². The summed E-state index contributed by atoms with van der Waals surface area (Å²) in [4.78, 5) is 18.7. The molecule has 6 aromatic carbocycles. The first-order valence-electron chi connectivity index (χ1n) is 19.8. The van der Waals surface area contributed by atoms with Gasteiger partial charge in [0.15, 0.2) is 0 Å². The summed E-state index contributed by atoms with van der Waals surface area (Å²) in [6.07, 6.45) is 8.44. The molecule has 9 aromatic rings. The van der Waals surface area contributed by atoms with Gasteiger partial charge in [0.25, 0.3) is 0 Å². The zero-order valence-corrected chi connectivity index (χ0v) is 31.9. The van der Waals surface area contributed by atoms with Crippen LogP contribution in [0.5, 0.6) is 5.75 Å². The number of aromatic hydroxyl groups is 1. The van der Waals surface area contributed by atoms with Gasteiger partial charge in [0.2, 0.25) is 0 Å². The lowest BCUT2D eigenvalue weighted by molar-refractivity contribution is 0.478. The molecule has 3 N–H and O–H groups in total. The zero-order chi connectivity index (χ0) is 39.3. The van der Waals surface area contributed by atoms with Crippen molar-refractivity contribution in [1.82, 2.24) is 19.9 Å². The van der Waals surface area contributed by atoms with Gasteiger partial charge in [0, 0.05) is 49.9 Å². The first-order chi connectivity index (χ1) is 29.2. The number of aromatic amines is 2. The fraction of sp³-hybridized carbons (Fsp3) is 0. The Hall–Kier alpha value is -8.02. The first-order valence-corrected chi connectivity index (χ1v) is 19.8. The monoisotopic (exact) mass is 756 g/mol. The van der Waals surface area contributed by atoms with Crippen LogP contribution in [0.4, 0.5) is 0 Å². The highest BCUT2D eigenvalue weighted by Crippen LogP contribution is 2.45. The van der Waals surface area contributed by atoms with Crippen molar-refractivity contribution >= 4 is 57.1 Å². The van der Waals surface area contributed by atoms with Crippen LogP contribution >= 0.6 is 0 Å². The van der Waals surface area contributed by atoms with Gasteiger partial charge in [-0.25, -0.2) is 9.97 Å². The molecule has 5 heterocycles. The minimum atomic E-state index is 0.204. The molecule has 2 aliphatic heterocycles. The molecule has 0 aliphatic carbocycles. The van der Waals surface area contributed by atoms with Crippen LogP contribution in [-0.4, -0.2) is 25.0 Å². The molecule has 0 radical (unpaired) electrons. The summed E-state index contributed by atoms with van der Waals surface area (Å²) in [5.41, 5.74) is 16.5. The van der Waals surface area contributed by atoms with E-state index in [-0.39, 0.29) is 5.75 Å². The maximum Gasteiger partial charge on any atom is 0.124 e. The van der Waals surface area contributed by atoms with Crippen molar-refractivity contribution in [2.45, 2.75) is 0 Å². The van der Waals surface area contributed by atoms with Crippen LogP contribution in [0.25, 0.3) is 113 Å². The van der Waals surface area contributed by atoms with Crippen LogP contribution in [0.15, 0.2) is 176 Å². The van der Waals surface area contributed by atoms with E-state index in [1.54, 1.807) is 6.07 Å². The molecule has 0 spiro atoms. The highest BCUT2D eigenvalue weighted by atomic mass is 16.3. The Balaban J connectivity index is 1.40. The van der Waals surface area contributed by atoms with Gasteiger partial charge in [0.1, 0.15) is 5.75 Å². The molecular weight excluding hydrogens is 721 g/mol. The van der Waals surface area contributed by atoms with Crippen LogP contribution in [-0.2, 0) is 0 Å². The number of H-pyrrole nitrogens is 2. The summed E-state index contributed by atoms with van der Waals surface area (Å²) < 4.78 is 0. The van der Waals surface area contributed by atoms with E-state index in [0.717, 1.165) is 111 Å². The van der Waals surface area contributed by atoms with E-state index < -0.39 is 0 Å². The zero-order valence-electron chi connectivity index (χ0n) is 31.9. The molecule has 5 nitrogen and oxygen atoms in total. The molecule has 3 aromatic heterocycles. The Kier molecular flexibility index (Phi) is 8.23. The summed E-state index contributed by atoms with van der Waals surface area (Å²) in [6.45, 7) is 0. The highest BCUT2D eigenvalue weighted by Gasteiger charge is 2.22. The van der Waals surface area contributed by atoms with E-state index in [1.165, 1.54) is 0 Å². The lowest BCUT2D eigenvalue weighted by atomic mass is 9.95. The number of hydrogen-bond donors (Lipinski definition) is 3. The quantitative estimate of drug-likeness (QED) is 0.164. The Labute approximate surface area is 341 Å². The van der Waals surface area contributed by atoms with Crippen molar-refractivity contribution in [3.63, 3.8) is 0 Å². The second-order valence-corrected chi connectivity index (χ2v) is 14.8. The second-order valence-electron chi connectivity index (χ2n) is 14.8. The predicted octanol–water partition coefficient (Wildman–Crippen LogP) is 13.8. The van der Waals surface area contributed by atoms with Crippen molar-refractivity contribution in [2.75, 3.05) is 0 Å². The van der Waals surface area contributed by atoms with Crippen LogP contribution in [0.1, 0.15) is 22.8 Å². The third kappa shape index (κ3) is 5.96. The fourth-order valence-corrected chi connectivity index (χ4v) is 8.66. The normalized spacial score (nSPS) is 12.0. The largest absolute Gasteiger partial charge is 0.507 e. The summed E-state index contributed by atoms with van der Waals surface area (Å²) in [5, 5.41) is 13.9. The smallest absolute Gasteiger partial charge is 0.124 e. The number of phenols is 1. The molecule has 5 heteroatoms. The van der Waals surface area contributed by atoms with Gasteiger partial charge in [0.05, 0.1) is 28.3 Å². The number of fused-ring (bicyclic) bond motifs is 9. The Bertz CT molecular complexity index is 3310. The predicted molar refractivity (Wildman–Crippen MR) is 245 cm³/mol. The minimum absolute atomic E-state index is 0.204. The topological polar surface area (TPSA) is 77.6 Å². The van der Waals surface area contributed by atoms with Gasteiger partial charge in [-0.1, -0.05) is 152 Å². The number of rotatable bonds is 5. The number of nitrogens with one attached hydrogen (secondary N) is 2. The highest BCUT2D eigenvalue weighted by molar-refractivity contribution is 6.11. The maximum atomic E-state index is 11.9. The molecule has 0 fully saturated rings. The molecule has 278 valence electrons. The van der Waals surface area contributed by atoms with Crippen LogP contribution in [0.2, 0.25) is 0 Å². The molecule has 0 amide bonds. The van der Waals surface area contributed by atoms with E-state index >= 15 is 0 Å². The SMILES string of the molecule is Oc1ccc2ccccc2c1-c1cc2[nH]c1c(-c1ccccc1)c1ccc([nH]1)c(-c1ccccc1)c1nc(c(-c3ccccc3)c3nc(c2-c2ccccc2)C=C3)C=C1. The number of benzene rings is 6. The number of phenolic OH excluding ortho intramolecular Hbond substituents is 1. The van der Waals surface area contributed by atoms with E-state index in [0.29, 0.717) is 0 Å². The van der Waals surface area contributed by atoms with Crippen LogP contribution < -0.4 is 0 Å². The fourth-order valence-electron chi connectivity index (χ4n) is 8.66. The Morgan fingerprint density at radius 2 is 0.797 bits per heavy atom. The lowest BCUT2D eigenvalue weighted by Gasteiger charge is -2.11. The van der Waals surface area contributed by atoms with Gasteiger partial charge in [-0.2, -0.15) is 0 Å². The van der Waals surface area contributed by atoms with E-state index in [4.69, 9.17) is 9.97 Å². The average Bonchev–Trinajstić information content (AvgIpc) is 4.13. The van der Waals surface area contributed by atoms with Gasteiger partial charge in [-0.15, -0.1) is 0 Å². The van der Waals surface area contributed by atoms with Gasteiger partial charge in [-0.3, -0.25) is 0 Å². The first kappa shape index (κ1) is 34.2. The molecule has 0 unspecified atom stereocenters. The molecule has 0 saturated heterocycles. The van der Waals surface area contributed by atoms with Crippen molar-refractivity contribution < 1.29 is 5.11 Å². The third-order valence-electron chi connectivity index (χ3n) is 11.3.